The van der Waals surface area contributed by atoms with E-state index in [4.69, 9.17) is 16.3 Å². The number of aromatic nitrogens is 2. The Bertz CT molecular complexity index is 279. The minimum absolute atomic E-state index is 0.429. The van der Waals surface area contributed by atoms with Crippen LogP contribution in [0.1, 0.15) is 12.6 Å². The predicted molar refractivity (Wildman–Crippen MR) is 59.9 cm³/mol. The Hall–Kier alpha value is -0.710. The first-order valence-corrected chi connectivity index (χ1v) is 5.31. The zero-order valence-electron chi connectivity index (χ0n) is 9.11. The van der Waals surface area contributed by atoms with Crippen molar-refractivity contribution in [1.82, 2.24) is 14.9 Å². The van der Waals surface area contributed by atoms with Crippen LogP contribution >= 0.6 is 11.6 Å². The summed E-state index contributed by atoms with van der Waals surface area (Å²) in [6.07, 6.45) is 3.28. The van der Waals surface area contributed by atoms with E-state index in [1.54, 1.807) is 19.5 Å². The summed E-state index contributed by atoms with van der Waals surface area (Å²) < 4.78 is 5.03. The van der Waals surface area contributed by atoms with Gasteiger partial charge in [0.2, 0.25) is 0 Å². The molecule has 0 aromatic carbocycles. The first-order valence-electron chi connectivity index (χ1n) is 4.94. The van der Waals surface area contributed by atoms with Gasteiger partial charge in [-0.25, -0.2) is 4.98 Å². The lowest BCUT2D eigenvalue weighted by Gasteiger charge is -2.18. The smallest absolute Gasteiger partial charge is 0.147 e. The molecule has 15 heavy (non-hydrogen) atoms. The molecular formula is C10H16ClN3O. The van der Waals surface area contributed by atoms with Crippen molar-refractivity contribution in [2.24, 2.45) is 0 Å². The molecule has 0 saturated carbocycles. The molecule has 4 nitrogen and oxygen atoms in total. The molecule has 0 fully saturated rings. The Balaban J connectivity index is 2.47. The molecule has 1 aromatic heterocycles. The summed E-state index contributed by atoms with van der Waals surface area (Å²) in [6, 6.07) is 0. The number of halogens is 1. The van der Waals surface area contributed by atoms with Crippen molar-refractivity contribution >= 4 is 11.6 Å². The van der Waals surface area contributed by atoms with Crippen LogP contribution in [-0.2, 0) is 11.3 Å². The van der Waals surface area contributed by atoms with Gasteiger partial charge in [-0.15, -0.1) is 0 Å². The highest BCUT2D eigenvalue weighted by molar-refractivity contribution is 6.29. The first-order chi connectivity index (χ1) is 7.26. The maximum atomic E-state index is 5.66. The molecule has 0 spiro atoms. The minimum atomic E-state index is 0.429. The van der Waals surface area contributed by atoms with Crippen molar-refractivity contribution in [2.75, 3.05) is 26.8 Å². The molecule has 0 saturated heterocycles. The fourth-order valence-electron chi connectivity index (χ4n) is 1.22. The molecule has 5 heteroatoms. The van der Waals surface area contributed by atoms with Crippen LogP contribution in [0.25, 0.3) is 0 Å². The van der Waals surface area contributed by atoms with Crippen molar-refractivity contribution in [2.45, 2.75) is 13.5 Å². The zero-order valence-corrected chi connectivity index (χ0v) is 9.87. The number of hydrogen-bond acceptors (Lipinski definition) is 4. The predicted octanol–water partition coefficient (Wildman–Crippen LogP) is 1.60. The van der Waals surface area contributed by atoms with Crippen molar-refractivity contribution in [1.29, 1.82) is 0 Å². The summed E-state index contributed by atoms with van der Waals surface area (Å²) in [4.78, 5) is 10.4. The zero-order chi connectivity index (χ0) is 11.1. The third kappa shape index (κ3) is 4.55. The van der Waals surface area contributed by atoms with Gasteiger partial charge in [0.1, 0.15) is 5.15 Å². The van der Waals surface area contributed by atoms with Gasteiger partial charge in [0, 0.05) is 20.2 Å². The average Bonchev–Trinajstić information content (AvgIpc) is 2.27. The molecule has 1 aromatic rings. The van der Waals surface area contributed by atoms with Gasteiger partial charge in [0.25, 0.3) is 0 Å². The topological polar surface area (TPSA) is 38.2 Å². The van der Waals surface area contributed by atoms with Gasteiger partial charge in [0.15, 0.2) is 0 Å². The number of rotatable bonds is 6. The Morgan fingerprint density at radius 2 is 2.20 bits per heavy atom. The van der Waals surface area contributed by atoms with Crippen LogP contribution in [-0.4, -0.2) is 41.7 Å². The van der Waals surface area contributed by atoms with Crippen molar-refractivity contribution < 1.29 is 4.74 Å². The van der Waals surface area contributed by atoms with Gasteiger partial charge in [0.05, 0.1) is 24.7 Å². The summed E-state index contributed by atoms with van der Waals surface area (Å²) >= 11 is 5.66. The van der Waals surface area contributed by atoms with Crippen LogP contribution < -0.4 is 0 Å². The fourth-order valence-corrected chi connectivity index (χ4v) is 1.32. The summed E-state index contributed by atoms with van der Waals surface area (Å²) in [5.41, 5.74) is 0.928. The van der Waals surface area contributed by atoms with Crippen molar-refractivity contribution in [3.63, 3.8) is 0 Å². The van der Waals surface area contributed by atoms with Crippen LogP contribution in [0.2, 0.25) is 5.15 Å². The Morgan fingerprint density at radius 1 is 1.40 bits per heavy atom. The van der Waals surface area contributed by atoms with Crippen molar-refractivity contribution in [3.05, 3.63) is 23.2 Å². The lowest BCUT2D eigenvalue weighted by atomic mass is 10.4. The van der Waals surface area contributed by atoms with E-state index >= 15 is 0 Å². The fraction of sp³-hybridized carbons (Fsp3) is 0.600. The highest BCUT2D eigenvalue weighted by Crippen LogP contribution is 2.04. The van der Waals surface area contributed by atoms with Crippen LogP contribution in [0.4, 0.5) is 0 Å². The molecule has 0 aliphatic heterocycles. The number of methoxy groups -OCH3 is 1. The van der Waals surface area contributed by atoms with Crippen LogP contribution in [0.3, 0.4) is 0 Å². The first kappa shape index (κ1) is 12.4. The highest BCUT2D eigenvalue weighted by atomic mass is 35.5. The van der Waals surface area contributed by atoms with Crippen molar-refractivity contribution in [3.8, 4) is 0 Å². The van der Waals surface area contributed by atoms with Gasteiger partial charge >= 0.3 is 0 Å². The van der Waals surface area contributed by atoms with E-state index in [9.17, 15) is 0 Å². The lowest BCUT2D eigenvalue weighted by molar-refractivity contribution is 0.146. The molecule has 0 N–H and O–H groups in total. The SMILES string of the molecule is CCN(CCOC)Cc1cnc(Cl)cn1. The van der Waals surface area contributed by atoms with Gasteiger partial charge in [-0.2, -0.15) is 0 Å². The van der Waals surface area contributed by atoms with E-state index in [1.807, 2.05) is 0 Å². The molecule has 0 unspecified atom stereocenters. The minimum Gasteiger partial charge on any atom is -0.383 e. The molecule has 0 bridgehead atoms. The summed E-state index contributed by atoms with van der Waals surface area (Å²) in [6.45, 7) is 5.49. The van der Waals surface area contributed by atoms with E-state index in [2.05, 4.69) is 21.8 Å². The maximum absolute atomic E-state index is 5.66. The quantitative estimate of drug-likeness (QED) is 0.743. The Morgan fingerprint density at radius 3 is 2.73 bits per heavy atom. The second-order valence-electron chi connectivity index (χ2n) is 3.19. The molecule has 0 atom stereocenters. The summed E-state index contributed by atoms with van der Waals surface area (Å²) in [7, 11) is 1.70. The van der Waals surface area contributed by atoms with E-state index < -0.39 is 0 Å². The molecule has 0 aliphatic carbocycles. The monoisotopic (exact) mass is 229 g/mol. The molecule has 0 radical (unpaired) electrons. The highest BCUT2D eigenvalue weighted by Gasteiger charge is 2.04. The normalized spacial score (nSPS) is 10.9. The Kier molecular flexibility index (Phi) is 5.53. The van der Waals surface area contributed by atoms with Gasteiger partial charge in [-0.1, -0.05) is 18.5 Å². The largest absolute Gasteiger partial charge is 0.383 e. The third-order valence-corrected chi connectivity index (χ3v) is 2.31. The standard InChI is InChI=1S/C10H16ClN3O/c1-3-14(4-5-15-2)8-9-6-13-10(11)7-12-9/h6-7H,3-5,8H2,1-2H3. The van der Waals surface area contributed by atoms with Crippen LogP contribution in [0.5, 0.6) is 0 Å². The van der Waals surface area contributed by atoms with Crippen LogP contribution in [0, 0.1) is 0 Å². The average molecular weight is 230 g/mol. The molecule has 84 valence electrons. The second kappa shape index (κ2) is 6.71. The number of ether oxygens (including phenoxy) is 1. The van der Waals surface area contributed by atoms with Gasteiger partial charge < -0.3 is 4.74 Å². The summed E-state index contributed by atoms with van der Waals surface area (Å²) in [5.74, 6) is 0. The maximum Gasteiger partial charge on any atom is 0.147 e. The van der Waals surface area contributed by atoms with E-state index in [1.165, 1.54) is 0 Å². The molecule has 1 heterocycles. The Labute approximate surface area is 95.2 Å². The second-order valence-corrected chi connectivity index (χ2v) is 3.58. The van der Waals surface area contributed by atoms with E-state index in [-0.39, 0.29) is 0 Å². The van der Waals surface area contributed by atoms with E-state index in [0.717, 1.165) is 31.9 Å². The van der Waals surface area contributed by atoms with Crippen LogP contribution in [0.15, 0.2) is 12.4 Å². The molecule has 0 aliphatic rings. The molecule has 1 rings (SSSR count). The van der Waals surface area contributed by atoms with E-state index in [0.29, 0.717) is 5.15 Å². The molecule has 0 amide bonds. The number of hydrogen-bond donors (Lipinski definition) is 0. The van der Waals surface area contributed by atoms with Gasteiger partial charge in [-0.3, -0.25) is 9.88 Å². The lowest BCUT2D eigenvalue weighted by Crippen LogP contribution is -2.27. The number of likely N-dealkylation sites (N-methyl/N-ethyl adjacent to an activating group) is 1. The third-order valence-electron chi connectivity index (χ3n) is 2.12. The summed E-state index contributed by atoms with van der Waals surface area (Å²) in [5, 5.41) is 0.429. The number of nitrogens with zero attached hydrogens (tertiary/aromatic N) is 3. The van der Waals surface area contributed by atoms with Gasteiger partial charge in [-0.05, 0) is 6.54 Å². The molecular weight excluding hydrogens is 214 g/mol.